The Hall–Kier alpha value is -3.41. The molecule has 0 atom stereocenters. The lowest BCUT2D eigenvalue weighted by molar-refractivity contribution is 0.102. The van der Waals surface area contributed by atoms with Crippen molar-refractivity contribution < 1.29 is 9.53 Å². The molecule has 2 aromatic carbocycles. The molecule has 0 spiro atoms. The van der Waals surface area contributed by atoms with Crippen LogP contribution in [0.5, 0.6) is 5.75 Å². The van der Waals surface area contributed by atoms with Crippen LogP contribution in [0.25, 0.3) is 11.3 Å². The maximum Gasteiger partial charge on any atom is 0.255 e. The molecule has 1 aliphatic heterocycles. The van der Waals surface area contributed by atoms with Crippen LogP contribution in [0.3, 0.4) is 0 Å². The maximum atomic E-state index is 12.4. The van der Waals surface area contributed by atoms with Crippen molar-refractivity contribution in [2.75, 3.05) is 30.4 Å². The molecule has 3 aromatic rings. The molecule has 1 amide bonds. The van der Waals surface area contributed by atoms with Crippen LogP contribution < -0.4 is 15.0 Å². The van der Waals surface area contributed by atoms with Gasteiger partial charge in [0.2, 0.25) is 0 Å². The van der Waals surface area contributed by atoms with Crippen molar-refractivity contribution in [1.29, 1.82) is 0 Å². The molecule has 1 aromatic heterocycles. The number of amides is 1. The first-order chi connectivity index (χ1) is 13.7. The second kappa shape index (κ2) is 8.08. The van der Waals surface area contributed by atoms with Gasteiger partial charge in [0.05, 0.1) is 12.8 Å². The van der Waals surface area contributed by atoms with Crippen molar-refractivity contribution in [1.82, 2.24) is 10.2 Å². The van der Waals surface area contributed by atoms with Crippen LogP contribution in [-0.2, 0) is 0 Å². The summed E-state index contributed by atoms with van der Waals surface area (Å²) in [6.07, 6.45) is 2.43. The summed E-state index contributed by atoms with van der Waals surface area (Å²) in [4.78, 5) is 14.6. The second-order valence-corrected chi connectivity index (χ2v) is 6.73. The molecule has 0 bridgehead atoms. The van der Waals surface area contributed by atoms with E-state index < -0.39 is 0 Å². The number of rotatable bonds is 5. The van der Waals surface area contributed by atoms with E-state index in [-0.39, 0.29) is 5.91 Å². The highest BCUT2D eigenvalue weighted by atomic mass is 16.5. The highest BCUT2D eigenvalue weighted by Crippen LogP contribution is 2.23. The minimum Gasteiger partial charge on any atom is -0.497 e. The third kappa shape index (κ3) is 3.96. The number of anilines is 2. The number of carbonyl (C=O) groups is 1. The molecule has 6 nitrogen and oxygen atoms in total. The molecule has 28 heavy (non-hydrogen) atoms. The SMILES string of the molecule is COc1ccc(C(=O)Nc2ccc(-c3ccc(N4CCCC4)nn3)cc2)cc1. The largest absolute Gasteiger partial charge is 0.497 e. The zero-order chi connectivity index (χ0) is 19.3. The third-order valence-corrected chi connectivity index (χ3v) is 4.87. The van der Waals surface area contributed by atoms with E-state index in [1.807, 2.05) is 36.4 Å². The van der Waals surface area contributed by atoms with Crippen molar-refractivity contribution in [3.05, 3.63) is 66.2 Å². The van der Waals surface area contributed by atoms with E-state index in [0.29, 0.717) is 5.56 Å². The van der Waals surface area contributed by atoms with Crippen LogP contribution in [0.4, 0.5) is 11.5 Å². The molecule has 1 aliphatic rings. The van der Waals surface area contributed by atoms with Crippen molar-refractivity contribution >= 4 is 17.4 Å². The van der Waals surface area contributed by atoms with Crippen LogP contribution in [0.1, 0.15) is 23.2 Å². The Kier molecular flexibility index (Phi) is 5.19. The van der Waals surface area contributed by atoms with Gasteiger partial charge in [0.15, 0.2) is 5.82 Å². The summed E-state index contributed by atoms with van der Waals surface area (Å²) in [6, 6.07) is 18.6. The predicted octanol–water partition coefficient (Wildman–Crippen LogP) is 4.00. The molecular formula is C22H22N4O2. The quantitative estimate of drug-likeness (QED) is 0.731. The van der Waals surface area contributed by atoms with Gasteiger partial charge in [-0.05, 0) is 61.4 Å². The Morgan fingerprint density at radius 3 is 2.25 bits per heavy atom. The van der Waals surface area contributed by atoms with Gasteiger partial charge in [0, 0.05) is 29.9 Å². The summed E-state index contributed by atoms with van der Waals surface area (Å²) in [5.74, 6) is 1.49. The number of nitrogens with zero attached hydrogens (tertiary/aromatic N) is 3. The molecule has 4 rings (SSSR count). The van der Waals surface area contributed by atoms with E-state index >= 15 is 0 Å². The van der Waals surface area contributed by atoms with Crippen LogP contribution in [0, 0.1) is 0 Å². The maximum absolute atomic E-state index is 12.4. The molecule has 142 valence electrons. The Morgan fingerprint density at radius 1 is 0.929 bits per heavy atom. The Labute approximate surface area is 164 Å². The molecule has 2 heterocycles. The lowest BCUT2D eigenvalue weighted by Crippen LogP contribution is -2.19. The third-order valence-electron chi connectivity index (χ3n) is 4.87. The van der Waals surface area contributed by atoms with E-state index in [9.17, 15) is 4.79 Å². The van der Waals surface area contributed by atoms with Crippen LogP contribution in [0.15, 0.2) is 60.7 Å². The predicted molar refractivity (Wildman–Crippen MR) is 110 cm³/mol. The molecule has 1 fully saturated rings. The van der Waals surface area contributed by atoms with Crippen molar-refractivity contribution in [3.8, 4) is 17.0 Å². The number of benzene rings is 2. The average molecular weight is 374 g/mol. The summed E-state index contributed by atoms with van der Waals surface area (Å²) in [6.45, 7) is 2.10. The van der Waals surface area contributed by atoms with Crippen molar-refractivity contribution in [3.63, 3.8) is 0 Å². The molecule has 0 saturated carbocycles. The Bertz CT molecular complexity index is 932. The van der Waals surface area contributed by atoms with Crippen LogP contribution in [0.2, 0.25) is 0 Å². The number of hydrogen-bond acceptors (Lipinski definition) is 5. The van der Waals surface area contributed by atoms with E-state index in [1.54, 1.807) is 31.4 Å². The Morgan fingerprint density at radius 2 is 1.64 bits per heavy atom. The lowest BCUT2D eigenvalue weighted by Gasteiger charge is -2.15. The van der Waals surface area contributed by atoms with E-state index in [4.69, 9.17) is 4.74 Å². The minimum absolute atomic E-state index is 0.162. The summed E-state index contributed by atoms with van der Waals surface area (Å²) in [5, 5.41) is 11.6. The fourth-order valence-corrected chi connectivity index (χ4v) is 3.26. The zero-order valence-corrected chi connectivity index (χ0v) is 15.8. The van der Waals surface area contributed by atoms with Gasteiger partial charge in [-0.2, -0.15) is 0 Å². The van der Waals surface area contributed by atoms with Crippen LogP contribution >= 0.6 is 0 Å². The first-order valence-electron chi connectivity index (χ1n) is 9.37. The van der Waals surface area contributed by atoms with Crippen molar-refractivity contribution in [2.24, 2.45) is 0 Å². The first kappa shape index (κ1) is 18.0. The van der Waals surface area contributed by atoms with Gasteiger partial charge in [0.1, 0.15) is 5.75 Å². The average Bonchev–Trinajstić information content (AvgIpc) is 3.29. The van der Waals surface area contributed by atoms with E-state index in [2.05, 4.69) is 20.4 Å². The van der Waals surface area contributed by atoms with Gasteiger partial charge in [-0.25, -0.2) is 0 Å². The molecule has 0 radical (unpaired) electrons. The minimum atomic E-state index is -0.162. The summed E-state index contributed by atoms with van der Waals surface area (Å²) >= 11 is 0. The smallest absolute Gasteiger partial charge is 0.255 e. The molecule has 6 heteroatoms. The number of aromatic nitrogens is 2. The number of hydrogen-bond donors (Lipinski definition) is 1. The van der Waals surface area contributed by atoms with E-state index in [0.717, 1.165) is 41.6 Å². The monoisotopic (exact) mass is 374 g/mol. The van der Waals surface area contributed by atoms with Gasteiger partial charge in [-0.3, -0.25) is 4.79 Å². The summed E-state index contributed by atoms with van der Waals surface area (Å²) in [5.41, 5.74) is 3.08. The zero-order valence-electron chi connectivity index (χ0n) is 15.8. The highest BCUT2D eigenvalue weighted by Gasteiger charge is 2.14. The van der Waals surface area contributed by atoms with Crippen LogP contribution in [-0.4, -0.2) is 36.3 Å². The number of methoxy groups -OCH3 is 1. The Balaban J connectivity index is 1.42. The normalized spacial score (nSPS) is 13.4. The fraction of sp³-hybridized carbons (Fsp3) is 0.227. The molecule has 0 unspecified atom stereocenters. The van der Waals surface area contributed by atoms with Gasteiger partial charge >= 0.3 is 0 Å². The molecule has 1 saturated heterocycles. The second-order valence-electron chi connectivity index (χ2n) is 6.73. The highest BCUT2D eigenvalue weighted by molar-refractivity contribution is 6.04. The molecular weight excluding hydrogens is 352 g/mol. The number of carbonyl (C=O) groups excluding carboxylic acids is 1. The summed E-state index contributed by atoms with van der Waals surface area (Å²) in [7, 11) is 1.60. The van der Waals surface area contributed by atoms with Gasteiger partial charge < -0.3 is 15.0 Å². The standard InChI is InChI=1S/C22H22N4O2/c1-28-19-10-6-17(7-11-19)22(27)23-18-8-4-16(5-9-18)20-12-13-21(25-24-20)26-14-2-3-15-26/h4-13H,2-3,14-15H2,1H3,(H,23,27). The van der Waals surface area contributed by atoms with Crippen molar-refractivity contribution in [2.45, 2.75) is 12.8 Å². The number of ether oxygens (including phenoxy) is 1. The lowest BCUT2D eigenvalue weighted by atomic mass is 10.1. The topological polar surface area (TPSA) is 67.3 Å². The van der Waals surface area contributed by atoms with Gasteiger partial charge in [0.25, 0.3) is 5.91 Å². The van der Waals surface area contributed by atoms with Gasteiger partial charge in [-0.15, -0.1) is 10.2 Å². The van der Waals surface area contributed by atoms with E-state index in [1.165, 1.54) is 12.8 Å². The summed E-state index contributed by atoms with van der Waals surface area (Å²) < 4.78 is 5.11. The first-order valence-corrected chi connectivity index (χ1v) is 9.37. The fourth-order valence-electron chi connectivity index (χ4n) is 3.26. The number of nitrogens with one attached hydrogen (secondary N) is 1. The van der Waals surface area contributed by atoms with Gasteiger partial charge in [-0.1, -0.05) is 12.1 Å². The molecule has 1 N–H and O–H groups in total. The molecule has 0 aliphatic carbocycles.